The van der Waals surface area contributed by atoms with Crippen molar-refractivity contribution in [2.75, 3.05) is 9.62 Å². The molecule has 1 amide bonds. The number of nitrogens with zero attached hydrogens (tertiary/aromatic N) is 3. The van der Waals surface area contributed by atoms with E-state index in [1.165, 1.54) is 24.5 Å². The average molecular weight is 415 g/mol. The van der Waals surface area contributed by atoms with Gasteiger partial charge in [0.1, 0.15) is 5.69 Å². The molecule has 0 unspecified atom stereocenters. The van der Waals surface area contributed by atoms with Gasteiger partial charge in [-0.25, -0.2) is 8.42 Å². The van der Waals surface area contributed by atoms with Crippen LogP contribution in [-0.2, 0) is 21.2 Å². The molecule has 144 valence electrons. The molecule has 0 saturated carbocycles. The zero-order valence-corrected chi connectivity index (χ0v) is 16.9. The van der Waals surface area contributed by atoms with Gasteiger partial charge in [-0.1, -0.05) is 16.6 Å². The Hall–Kier alpha value is -2.78. The average Bonchev–Trinajstić information content (AvgIpc) is 3.28. The summed E-state index contributed by atoms with van der Waals surface area (Å²) in [6.07, 6.45) is 0.634. The van der Waals surface area contributed by atoms with Crippen LogP contribution in [0.25, 0.3) is 11.3 Å². The fourth-order valence-corrected chi connectivity index (χ4v) is 5.04. The van der Waals surface area contributed by atoms with Gasteiger partial charge in [0.15, 0.2) is 0 Å². The molecule has 3 aromatic rings. The topological polar surface area (TPSA) is 92.3 Å². The van der Waals surface area contributed by atoms with E-state index in [9.17, 15) is 13.2 Å². The van der Waals surface area contributed by atoms with E-state index < -0.39 is 10.0 Å². The predicted octanol–water partition coefficient (Wildman–Crippen LogP) is 3.30. The van der Waals surface area contributed by atoms with Gasteiger partial charge in [0.2, 0.25) is 5.91 Å². The van der Waals surface area contributed by atoms with Crippen LogP contribution in [-0.4, -0.2) is 30.0 Å². The highest BCUT2D eigenvalue weighted by atomic mass is 32.2. The molecule has 28 heavy (non-hydrogen) atoms. The smallest absolute Gasteiger partial charge is 0.261 e. The van der Waals surface area contributed by atoms with Gasteiger partial charge in [-0.3, -0.25) is 9.52 Å². The van der Waals surface area contributed by atoms with Crippen molar-refractivity contribution in [2.45, 2.75) is 31.2 Å². The van der Waals surface area contributed by atoms with Crippen LogP contribution in [0, 0.1) is 0 Å². The van der Waals surface area contributed by atoms with Crippen molar-refractivity contribution in [1.29, 1.82) is 0 Å². The summed E-state index contributed by atoms with van der Waals surface area (Å²) in [7, 11) is -3.74. The van der Waals surface area contributed by atoms with Crippen LogP contribution in [0.2, 0.25) is 0 Å². The summed E-state index contributed by atoms with van der Waals surface area (Å²) >= 11 is 1.26. The molecule has 1 aromatic heterocycles. The number of fused-ring (bicyclic) bond motifs is 1. The lowest BCUT2D eigenvalue weighted by atomic mass is 10.1. The third-order valence-corrected chi connectivity index (χ3v) is 6.59. The Kier molecular flexibility index (Phi) is 4.64. The summed E-state index contributed by atoms with van der Waals surface area (Å²) in [5.41, 5.74) is 3.72. The van der Waals surface area contributed by atoms with Crippen LogP contribution in [0.4, 0.5) is 11.4 Å². The SMILES string of the molecule is CC(=O)N1c2ccc(S(=O)(=O)Nc3ccc(-c4csnn4)cc3)cc2C[C@H]1C. The molecule has 0 saturated heterocycles. The van der Waals surface area contributed by atoms with E-state index in [2.05, 4.69) is 14.3 Å². The van der Waals surface area contributed by atoms with Crippen molar-refractivity contribution in [3.63, 3.8) is 0 Å². The molecule has 1 N–H and O–H groups in total. The third-order valence-electron chi connectivity index (χ3n) is 4.71. The summed E-state index contributed by atoms with van der Waals surface area (Å²) in [5.74, 6) is -0.0459. The monoisotopic (exact) mass is 414 g/mol. The first-order valence-corrected chi connectivity index (χ1v) is 11.0. The number of aromatic nitrogens is 2. The molecule has 1 atom stereocenters. The Bertz CT molecular complexity index is 1130. The number of hydrogen-bond donors (Lipinski definition) is 1. The lowest BCUT2D eigenvalue weighted by Gasteiger charge is -2.20. The van der Waals surface area contributed by atoms with E-state index in [-0.39, 0.29) is 16.8 Å². The van der Waals surface area contributed by atoms with E-state index in [4.69, 9.17) is 0 Å². The first-order valence-electron chi connectivity index (χ1n) is 8.68. The second-order valence-electron chi connectivity index (χ2n) is 6.71. The largest absolute Gasteiger partial charge is 0.309 e. The number of carbonyl (C=O) groups is 1. The summed E-state index contributed by atoms with van der Waals surface area (Å²) in [6, 6.07) is 11.9. The molecule has 0 radical (unpaired) electrons. The number of benzene rings is 2. The minimum atomic E-state index is -3.74. The van der Waals surface area contributed by atoms with Crippen molar-refractivity contribution < 1.29 is 13.2 Å². The van der Waals surface area contributed by atoms with Crippen LogP contribution in [0.1, 0.15) is 19.4 Å². The highest BCUT2D eigenvalue weighted by molar-refractivity contribution is 7.92. The quantitative estimate of drug-likeness (QED) is 0.707. The molecule has 1 aliphatic rings. The lowest BCUT2D eigenvalue weighted by molar-refractivity contribution is -0.116. The molecule has 0 bridgehead atoms. The highest BCUT2D eigenvalue weighted by Crippen LogP contribution is 2.34. The van der Waals surface area contributed by atoms with Gasteiger partial charge >= 0.3 is 0 Å². The van der Waals surface area contributed by atoms with Crippen LogP contribution in [0.3, 0.4) is 0 Å². The normalized spacial score (nSPS) is 16.1. The van der Waals surface area contributed by atoms with Gasteiger partial charge in [0.25, 0.3) is 10.0 Å². The maximum atomic E-state index is 12.8. The second-order valence-corrected chi connectivity index (χ2v) is 9.00. The molecule has 9 heteroatoms. The number of anilines is 2. The molecule has 7 nitrogen and oxygen atoms in total. The van der Waals surface area contributed by atoms with E-state index in [1.54, 1.807) is 41.3 Å². The molecule has 2 aromatic carbocycles. The number of rotatable bonds is 4. The number of amides is 1. The fourth-order valence-electron chi connectivity index (χ4n) is 3.47. The Morgan fingerprint density at radius 2 is 1.96 bits per heavy atom. The van der Waals surface area contributed by atoms with Gasteiger partial charge in [0, 0.05) is 35.3 Å². The third kappa shape index (κ3) is 3.38. The Morgan fingerprint density at radius 3 is 2.61 bits per heavy atom. The van der Waals surface area contributed by atoms with E-state index in [0.717, 1.165) is 22.5 Å². The molecule has 0 aliphatic carbocycles. The maximum Gasteiger partial charge on any atom is 0.261 e. The zero-order valence-electron chi connectivity index (χ0n) is 15.3. The minimum Gasteiger partial charge on any atom is -0.309 e. The Morgan fingerprint density at radius 1 is 1.21 bits per heavy atom. The van der Waals surface area contributed by atoms with Crippen molar-refractivity contribution in [3.05, 3.63) is 53.4 Å². The van der Waals surface area contributed by atoms with Gasteiger partial charge in [0.05, 0.1) is 4.90 Å². The lowest BCUT2D eigenvalue weighted by Crippen LogP contribution is -2.33. The molecule has 0 fully saturated rings. The Labute approximate surface area is 167 Å². The summed E-state index contributed by atoms with van der Waals surface area (Å²) < 4.78 is 32.0. The van der Waals surface area contributed by atoms with Gasteiger partial charge in [-0.05, 0) is 60.8 Å². The maximum absolute atomic E-state index is 12.8. The number of sulfonamides is 1. The molecule has 0 spiro atoms. The molecule has 1 aliphatic heterocycles. The summed E-state index contributed by atoms with van der Waals surface area (Å²) in [6.45, 7) is 3.47. The first kappa shape index (κ1) is 18.6. The fraction of sp³-hybridized carbons (Fsp3) is 0.211. The van der Waals surface area contributed by atoms with Gasteiger partial charge in [-0.2, -0.15) is 0 Å². The summed E-state index contributed by atoms with van der Waals surface area (Å²) in [4.78, 5) is 13.7. The Balaban J connectivity index is 1.58. The van der Waals surface area contributed by atoms with Crippen molar-refractivity contribution in [3.8, 4) is 11.3 Å². The van der Waals surface area contributed by atoms with E-state index in [1.807, 2.05) is 12.3 Å². The van der Waals surface area contributed by atoms with Crippen LogP contribution in [0.15, 0.2) is 52.7 Å². The van der Waals surface area contributed by atoms with Crippen molar-refractivity contribution in [2.24, 2.45) is 0 Å². The predicted molar refractivity (Wildman–Crippen MR) is 109 cm³/mol. The standard InChI is InChI=1S/C19H18N4O3S2/c1-12-9-15-10-17(7-8-19(15)23(12)13(2)24)28(25,26)21-16-5-3-14(4-6-16)18-11-27-22-20-18/h3-8,10-12,21H,9H2,1-2H3/t12-/m1/s1. The number of carbonyl (C=O) groups excluding carboxylic acids is 1. The van der Waals surface area contributed by atoms with Crippen molar-refractivity contribution in [1.82, 2.24) is 9.59 Å². The zero-order chi connectivity index (χ0) is 19.9. The van der Waals surface area contributed by atoms with Crippen LogP contribution in [0.5, 0.6) is 0 Å². The molecular formula is C19H18N4O3S2. The minimum absolute atomic E-state index is 0.0196. The second kappa shape index (κ2) is 6.99. The van der Waals surface area contributed by atoms with Gasteiger partial charge < -0.3 is 4.90 Å². The van der Waals surface area contributed by atoms with Crippen LogP contribution >= 0.6 is 11.5 Å². The van der Waals surface area contributed by atoms with E-state index in [0.29, 0.717) is 12.1 Å². The molecule has 2 heterocycles. The number of nitrogens with one attached hydrogen (secondary N) is 1. The molecular weight excluding hydrogens is 396 g/mol. The first-order chi connectivity index (χ1) is 13.3. The van der Waals surface area contributed by atoms with Gasteiger partial charge in [-0.15, -0.1) is 5.10 Å². The summed E-state index contributed by atoms with van der Waals surface area (Å²) in [5, 5.41) is 5.83. The highest BCUT2D eigenvalue weighted by Gasteiger charge is 2.30. The van der Waals surface area contributed by atoms with Crippen molar-refractivity contribution >= 4 is 38.8 Å². The van der Waals surface area contributed by atoms with E-state index >= 15 is 0 Å². The number of hydrogen-bond acceptors (Lipinski definition) is 6. The molecule has 4 rings (SSSR count). The van der Waals surface area contributed by atoms with Crippen LogP contribution < -0.4 is 9.62 Å².